The van der Waals surface area contributed by atoms with Crippen LogP contribution in [0.4, 0.5) is 0 Å². The van der Waals surface area contributed by atoms with Gasteiger partial charge in [-0.3, -0.25) is 4.18 Å². The van der Waals surface area contributed by atoms with Crippen molar-refractivity contribution in [3.63, 3.8) is 0 Å². The summed E-state index contributed by atoms with van der Waals surface area (Å²) in [5, 5.41) is 0. The first kappa shape index (κ1) is 19.4. The molecule has 0 radical (unpaired) electrons. The summed E-state index contributed by atoms with van der Waals surface area (Å²) in [6.07, 6.45) is 0. The lowest BCUT2D eigenvalue weighted by Gasteiger charge is -2.36. The highest BCUT2D eigenvalue weighted by molar-refractivity contribution is 7.91. The van der Waals surface area contributed by atoms with Crippen molar-refractivity contribution < 1.29 is 17.3 Å². The highest BCUT2D eigenvalue weighted by atomic mass is 32.2. The van der Waals surface area contributed by atoms with Crippen LogP contribution in [0.15, 0.2) is 24.3 Å². The molecule has 0 heterocycles. The van der Waals surface area contributed by atoms with Gasteiger partial charge in [0, 0.05) is 0 Å². The van der Waals surface area contributed by atoms with Crippen LogP contribution < -0.4 is 4.74 Å². The van der Waals surface area contributed by atoms with Gasteiger partial charge in [0.05, 0.1) is 34.4 Å². The molecular formula is C15H28O4SSi2. The summed E-state index contributed by atoms with van der Waals surface area (Å²) < 4.78 is 35.7. The number of benzene rings is 1. The van der Waals surface area contributed by atoms with Crippen LogP contribution >= 0.6 is 0 Å². The van der Waals surface area contributed by atoms with E-state index in [2.05, 4.69) is 39.3 Å². The van der Waals surface area contributed by atoms with E-state index < -0.39 is 26.3 Å². The highest BCUT2D eigenvalue weighted by Crippen LogP contribution is 2.28. The summed E-state index contributed by atoms with van der Waals surface area (Å²) >= 11 is 0. The first-order chi connectivity index (χ1) is 9.88. The zero-order valence-electron chi connectivity index (χ0n) is 14.6. The van der Waals surface area contributed by atoms with Gasteiger partial charge < -0.3 is 4.74 Å². The van der Waals surface area contributed by atoms with E-state index in [4.69, 9.17) is 8.92 Å². The lowest BCUT2D eigenvalue weighted by atomic mass is 10.2. The summed E-state index contributed by atoms with van der Waals surface area (Å²) in [6, 6.07) is 7.26. The van der Waals surface area contributed by atoms with Crippen LogP contribution in [0.25, 0.3) is 0 Å². The van der Waals surface area contributed by atoms with Crippen molar-refractivity contribution in [1.29, 1.82) is 0 Å². The smallest absolute Gasteiger partial charge is 0.265 e. The van der Waals surface area contributed by atoms with E-state index in [9.17, 15) is 8.42 Å². The third kappa shape index (κ3) is 5.22. The molecule has 7 heteroatoms. The van der Waals surface area contributed by atoms with Crippen molar-refractivity contribution in [3.05, 3.63) is 29.8 Å². The maximum atomic E-state index is 12.7. The van der Waals surface area contributed by atoms with Gasteiger partial charge in [-0.1, -0.05) is 51.4 Å². The minimum atomic E-state index is -3.56. The predicted molar refractivity (Wildman–Crippen MR) is 97.2 cm³/mol. The van der Waals surface area contributed by atoms with E-state index in [0.29, 0.717) is 0 Å². The fourth-order valence-corrected chi connectivity index (χ4v) is 21.3. The lowest BCUT2D eigenvalue weighted by molar-refractivity contribution is 0.308. The average Bonchev–Trinajstić information content (AvgIpc) is 2.33. The van der Waals surface area contributed by atoms with Crippen molar-refractivity contribution >= 4 is 26.3 Å². The van der Waals surface area contributed by atoms with Crippen molar-refractivity contribution in [3.8, 4) is 5.75 Å². The third-order valence-electron chi connectivity index (χ3n) is 3.41. The van der Waals surface area contributed by atoms with Gasteiger partial charge in [0.1, 0.15) is 5.75 Å². The summed E-state index contributed by atoms with van der Waals surface area (Å²) in [5.74, 6) is 0.744. The van der Waals surface area contributed by atoms with Crippen LogP contribution in [0.3, 0.4) is 0 Å². The molecule has 0 atom stereocenters. The Morgan fingerprint density at radius 2 is 1.41 bits per heavy atom. The first-order valence-corrected chi connectivity index (χ1v) is 16.0. The predicted octanol–water partition coefficient (Wildman–Crippen LogP) is 3.67. The van der Waals surface area contributed by atoms with E-state index in [1.54, 1.807) is 19.2 Å². The Morgan fingerprint density at radius 1 is 0.955 bits per heavy atom. The minimum Gasteiger partial charge on any atom is -0.497 e. The van der Waals surface area contributed by atoms with Crippen LogP contribution in [0.5, 0.6) is 5.75 Å². The topological polar surface area (TPSA) is 52.6 Å². The molecule has 0 saturated heterocycles. The van der Waals surface area contributed by atoms with Gasteiger partial charge in [-0.05, 0) is 17.7 Å². The molecule has 1 rings (SSSR count). The molecule has 1 aromatic carbocycles. The molecule has 0 N–H and O–H groups in total. The Morgan fingerprint density at radius 3 is 1.77 bits per heavy atom. The minimum absolute atomic E-state index is 0.0811. The summed E-state index contributed by atoms with van der Waals surface area (Å²) in [4.78, 5) is 0. The molecule has 0 aliphatic heterocycles. The summed E-state index contributed by atoms with van der Waals surface area (Å²) in [6.45, 7) is 12.7. The molecule has 0 aliphatic rings. The van der Waals surface area contributed by atoms with Crippen LogP contribution in [-0.4, -0.2) is 36.2 Å². The number of methoxy groups -OCH3 is 1. The van der Waals surface area contributed by atoms with Crippen molar-refractivity contribution in [2.75, 3.05) is 7.11 Å². The first-order valence-electron chi connectivity index (χ1n) is 7.39. The molecule has 0 unspecified atom stereocenters. The maximum absolute atomic E-state index is 12.7. The van der Waals surface area contributed by atoms with Crippen LogP contribution in [-0.2, 0) is 20.9 Å². The van der Waals surface area contributed by atoms with E-state index in [-0.39, 0.29) is 11.1 Å². The molecule has 4 nitrogen and oxygen atoms in total. The summed E-state index contributed by atoms with van der Waals surface area (Å²) in [5.41, 5.74) is 0.828. The van der Waals surface area contributed by atoms with Gasteiger partial charge >= 0.3 is 0 Å². The largest absolute Gasteiger partial charge is 0.497 e. The second-order valence-corrected chi connectivity index (χ2v) is 21.4. The lowest BCUT2D eigenvalue weighted by Crippen LogP contribution is -2.58. The molecule has 0 saturated carbocycles. The van der Waals surface area contributed by atoms with Crippen LogP contribution in [0, 0.1) is 0 Å². The Labute approximate surface area is 137 Å². The van der Waals surface area contributed by atoms with Gasteiger partial charge in [-0.25, -0.2) is 0 Å². The molecule has 0 aromatic heterocycles. The quantitative estimate of drug-likeness (QED) is 0.550. The normalized spacial score (nSPS) is 13.5. The van der Waals surface area contributed by atoms with Crippen molar-refractivity contribution in [2.24, 2.45) is 0 Å². The van der Waals surface area contributed by atoms with Gasteiger partial charge in [0.2, 0.25) is 0 Å². The Balaban J connectivity index is 2.93. The van der Waals surface area contributed by atoms with E-state index in [1.165, 1.54) is 0 Å². The molecule has 1 aromatic rings. The number of hydrogen-bond acceptors (Lipinski definition) is 4. The molecular weight excluding hydrogens is 332 g/mol. The van der Waals surface area contributed by atoms with E-state index in [0.717, 1.165) is 11.3 Å². The third-order valence-corrected chi connectivity index (χ3v) is 18.8. The number of ether oxygens (including phenoxy) is 1. The Kier molecular flexibility index (Phi) is 6.05. The summed E-state index contributed by atoms with van der Waals surface area (Å²) in [7, 11) is -5.72. The van der Waals surface area contributed by atoms with E-state index in [1.807, 2.05) is 12.1 Å². The number of rotatable bonds is 7. The molecule has 126 valence electrons. The molecule has 0 bridgehead atoms. The molecule has 0 spiro atoms. The standard InChI is InChI=1S/C15H28O4SSi2/c1-18-14-10-8-13(9-11-14)12-19-20(16,17)15(21(2,3)4)22(5,6)7/h8-11,15H,12H2,1-7H3. The number of hydrogen-bond donors (Lipinski definition) is 0. The fraction of sp³-hybridized carbons (Fsp3) is 0.600. The van der Waals surface area contributed by atoms with Crippen molar-refractivity contribution in [1.82, 2.24) is 0 Å². The van der Waals surface area contributed by atoms with Crippen LogP contribution in [0.1, 0.15) is 5.56 Å². The second kappa shape index (κ2) is 6.86. The van der Waals surface area contributed by atoms with Gasteiger partial charge in [-0.15, -0.1) is 0 Å². The van der Waals surface area contributed by atoms with E-state index >= 15 is 0 Å². The average molecular weight is 361 g/mol. The Bertz CT molecular complexity index is 569. The Hall–Kier alpha value is -0.636. The highest BCUT2D eigenvalue weighted by Gasteiger charge is 2.47. The fourth-order valence-electron chi connectivity index (χ4n) is 3.11. The zero-order chi connectivity index (χ0) is 17.2. The van der Waals surface area contributed by atoms with Gasteiger partial charge in [-0.2, -0.15) is 8.42 Å². The van der Waals surface area contributed by atoms with Gasteiger partial charge in [0.15, 0.2) is 0 Å². The second-order valence-electron chi connectivity index (χ2n) is 7.72. The SMILES string of the molecule is COc1ccc(COS(=O)(=O)C([Si](C)(C)C)[Si](C)(C)C)cc1. The maximum Gasteiger partial charge on any atom is 0.265 e. The molecule has 0 aliphatic carbocycles. The molecule has 22 heavy (non-hydrogen) atoms. The molecule has 0 amide bonds. The molecule has 0 fully saturated rings. The van der Waals surface area contributed by atoms with Crippen LogP contribution in [0.2, 0.25) is 39.3 Å². The van der Waals surface area contributed by atoms with Crippen molar-refractivity contribution in [2.45, 2.75) is 50.4 Å². The zero-order valence-corrected chi connectivity index (χ0v) is 17.5. The van der Waals surface area contributed by atoms with Gasteiger partial charge in [0.25, 0.3) is 10.1 Å². The monoisotopic (exact) mass is 360 g/mol.